The number of nitrogens with one attached hydrogen (secondary N) is 1. The van der Waals surface area contributed by atoms with E-state index in [9.17, 15) is 4.79 Å². The van der Waals surface area contributed by atoms with Gasteiger partial charge in [0.05, 0.1) is 0 Å². The molecule has 23 heavy (non-hydrogen) atoms. The molecular weight excluding hydrogens is 380 g/mol. The number of anilines is 1. The molecule has 0 saturated heterocycles. The molecule has 3 heterocycles. The number of ketones is 1. The maximum atomic E-state index is 12.2. The Morgan fingerprint density at radius 1 is 1.52 bits per heavy atom. The lowest BCUT2D eigenvalue weighted by molar-refractivity contribution is -0.114. The molecule has 0 spiro atoms. The largest absolute Gasteiger partial charge is 0.452 e. The first-order valence-electron chi connectivity index (χ1n) is 7.34. The lowest BCUT2D eigenvalue weighted by atomic mass is 9.98. The van der Waals surface area contributed by atoms with Gasteiger partial charge in [-0.2, -0.15) is 4.98 Å². The summed E-state index contributed by atoms with van der Waals surface area (Å²) in [6, 6.07) is 3.26. The molecule has 2 aromatic heterocycles. The summed E-state index contributed by atoms with van der Waals surface area (Å²) in [6.45, 7) is 5.54. The van der Waals surface area contributed by atoms with Gasteiger partial charge >= 0.3 is 0 Å². The Labute approximate surface area is 146 Å². The molecule has 2 aromatic rings. The number of hydrogen-bond acceptors (Lipinski definition) is 6. The standard InChI is InChI=1S/C15H17BrN4O2S/c1-4-7-23-15-18-14-17-8(2)12(9(3)21)13(20(14)19-15)10-5-6-11(16)22-10/h5-6,13H,4,7H2,1-3H3,(H,17,18,19). The minimum Gasteiger partial charge on any atom is -0.452 e. The van der Waals surface area contributed by atoms with E-state index in [1.165, 1.54) is 0 Å². The molecule has 0 aliphatic carbocycles. The van der Waals surface area contributed by atoms with Gasteiger partial charge in [-0.05, 0) is 48.3 Å². The molecule has 122 valence electrons. The number of nitrogens with zero attached hydrogens (tertiary/aromatic N) is 3. The molecule has 0 fully saturated rings. The Kier molecular flexibility index (Phi) is 4.63. The highest BCUT2D eigenvalue weighted by molar-refractivity contribution is 9.10. The van der Waals surface area contributed by atoms with Gasteiger partial charge in [-0.25, -0.2) is 4.68 Å². The van der Waals surface area contributed by atoms with E-state index in [0.717, 1.165) is 17.9 Å². The van der Waals surface area contributed by atoms with Crippen LogP contribution in [0, 0.1) is 0 Å². The van der Waals surface area contributed by atoms with Gasteiger partial charge < -0.3 is 9.73 Å². The van der Waals surface area contributed by atoms with Crippen molar-refractivity contribution in [3.8, 4) is 0 Å². The summed E-state index contributed by atoms with van der Waals surface area (Å²) in [4.78, 5) is 16.7. The van der Waals surface area contributed by atoms with Crippen LogP contribution in [0.2, 0.25) is 0 Å². The van der Waals surface area contributed by atoms with E-state index in [4.69, 9.17) is 4.42 Å². The van der Waals surface area contributed by atoms with Gasteiger partial charge in [-0.3, -0.25) is 4.79 Å². The first-order chi connectivity index (χ1) is 11.0. The third kappa shape index (κ3) is 3.10. The highest BCUT2D eigenvalue weighted by atomic mass is 79.9. The number of Topliss-reactive ketones (excluding diaryl/α,β-unsaturated/α-hetero) is 1. The van der Waals surface area contributed by atoms with Crippen molar-refractivity contribution in [1.82, 2.24) is 14.8 Å². The van der Waals surface area contributed by atoms with Crippen LogP contribution in [0.1, 0.15) is 39.0 Å². The average molecular weight is 397 g/mol. The fraction of sp³-hybridized carbons (Fsp3) is 0.400. The second-order valence-electron chi connectivity index (χ2n) is 5.28. The zero-order chi connectivity index (χ0) is 16.6. The summed E-state index contributed by atoms with van der Waals surface area (Å²) in [5, 5.41) is 8.44. The lowest BCUT2D eigenvalue weighted by Crippen LogP contribution is -2.27. The van der Waals surface area contributed by atoms with Gasteiger partial charge in [0.2, 0.25) is 11.1 Å². The van der Waals surface area contributed by atoms with Crippen LogP contribution in [0.5, 0.6) is 0 Å². The summed E-state index contributed by atoms with van der Waals surface area (Å²) in [5.74, 6) is 2.22. The maximum Gasteiger partial charge on any atom is 0.227 e. The minimum absolute atomic E-state index is 0.0172. The van der Waals surface area contributed by atoms with Gasteiger partial charge in [0.15, 0.2) is 10.5 Å². The summed E-state index contributed by atoms with van der Waals surface area (Å²) in [6.07, 6.45) is 1.05. The van der Waals surface area contributed by atoms with Gasteiger partial charge in [-0.15, -0.1) is 5.10 Å². The highest BCUT2D eigenvalue weighted by Gasteiger charge is 2.34. The second kappa shape index (κ2) is 6.52. The van der Waals surface area contributed by atoms with Gasteiger partial charge in [0.25, 0.3) is 0 Å². The van der Waals surface area contributed by atoms with E-state index >= 15 is 0 Å². The molecule has 0 radical (unpaired) electrons. The van der Waals surface area contributed by atoms with Crippen LogP contribution in [0.15, 0.2) is 37.6 Å². The van der Waals surface area contributed by atoms with Crippen molar-refractivity contribution in [3.63, 3.8) is 0 Å². The molecule has 6 nitrogen and oxygen atoms in total. The van der Waals surface area contributed by atoms with E-state index in [1.54, 1.807) is 23.4 Å². The van der Waals surface area contributed by atoms with Crippen LogP contribution < -0.4 is 5.32 Å². The molecular formula is C15H17BrN4O2S. The van der Waals surface area contributed by atoms with Crippen molar-refractivity contribution in [1.29, 1.82) is 0 Å². The zero-order valence-corrected chi connectivity index (χ0v) is 15.5. The maximum absolute atomic E-state index is 12.2. The normalized spacial score (nSPS) is 17.1. The zero-order valence-electron chi connectivity index (χ0n) is 13.1. The minimum atomic E-state index is -0.404. The molecule has 1 unspecified atom stereocenters. The van der Waals surface area contributed by atoms with Gasteiger partial charge in [-0.1, -0.05) is 18.7 Å². The predicted octanol–water partition coefficient (Wildman–Crippen LogP) is 4.01. The van der Waals surface area contributed by atoms with E-state index in [2.05, 4.69) is 38.3 Å². The summed E-state index contributed by atoms with van der Waals surface area (Å²) >= 11 is 4.92. The first kappa shape index (κ1) is 16.3. The third-order valence-corrected chi connectivity index (χ3v) is 4.98. The van der Waals surface area contributed by atoms with Crippen molar-refractivity contribution < 1.29 is 9.21 Å². The second-order valence-corrected chi connectivity index (χ2v) is 7.12. The van der Waals surface area contributed by atoms with Crippen molar-refractivity contribution in [3.05, 3.63) is 33.8 Å². The van der Waals surface area contributed by atoms with Crippen LogP contribution in [-0.2, 0) is 4.79 Å². The monoisotopic (exact) mass is 396 g/mol. The van der Waals surface area contributed by atoms with Gasteiger partial charge in [0, 0.05) is 17.0 Å². The Hall–Kier alpha value is -1.54. The molecule has 0 aromatic carbocycles. The number of carbonyl (C=O) groups is 1. The number of aromatic nitrogens is 3. The molecule has 0 saturated carbocycles. The van der Waals surface area contributed by atoms with Crippen molar-refractivity contribution >= 4 is 39.4 Å². The average Bonchev–Trinajstić information content (AvgIpc) is 3.09. The molecule has 0 bridgehead atoms. The van der Waals surface area contributed by atoms with Crippen molar-refractivity contribution in [2.24, 2.45) is 0 Å². The molecule has 1 N–H and O–H groups in total. The van der Waals surface area contributed by atoms with E-state index < -0.39 is 6.04 Å². The van der Waals surface area contributed by atoms with Crippen LogP contribution in [0.4, 0.5) is 5.95 Å². The van der Waals surface area contributed by atoms with Gasteiger partial charge in [0.1, 0.15) is 11.8 Å². The Balaban J connectivity index is 2.09. The van der Waals surface area contributed by atoms with E-state index in [1.807, 2.05) is 19.1 Å². The van der Waals surface area contributed by atoms with Crippen LogP contribution in [0.3, 0.4) is 0 Å². The predicted molar refractivity (Wildman–Crippen MR) is 92.6 cm³/mol. The molecule has 1 aliphatic rings. The fourth-order valence-electron chi connectivity index (χ4n) is 2.58. The topological polar surface area (TPSA) is 73.0 Å². The number of furan rings is 1. The Morgan fingerprint density at radius 3 is 2.91 bits per heavy atom. The number of rotatable bonds is 5. The molecule has 1 atom stereocenters. The number of thioether (sulfide) groups is 1. The summed E-state index contributed by atoms with van der Waals surface area (Å²) in [5.41, 5.74) is 1.42. The quantitative estimate of drug-likeness (QED) is 0.769. The molecule has 1 aliphatic heterocycles. The van der Waals surface area contributed by atoms with Crippen molar-refractivity contribution in [2.75, 3.05) is 11.1 Å². The molecule has 0 amide bonds. The first-order valence-corrected chi connectivity index (χ1v) is 9.12. The van der Waals surface area contributed by atoms with Crippen LogP contribution in [-0.4, -0.2) is 26.3 Å². The molecule has 8 heteroatoms. The Morgan fingerprint density at radius 2 is 2.30 bits per heavy atom. The third-order valence-electron chi connectivity index (χ3n) is 3.51. The Bertz CT molecular complexity index is 780. The summed E-state index contributed by atoms with van der Waals surface area (Å²) in [7, 11) is 0. The number of hydrogen-bond donors (Lipinski definition) is 1. The lowest BCUT2D eigenvalue weighted by Gasteiger charge is -2.26. The number of halogens is 1. The van der Waals surface area contributed by atoms with Crippen LogP contribution >= 0.6 is 27.7 Å². The summed E-state index contributed by atoms with van der Waals surface area (Å²) < 4.78 is 8.05. The smallest absolute Gasteiger partial charge is 0.227 e. The van der Waals surface area contributed by atoms with E-state index in [0.29, 0.717) is 27.1 Å². The van der Waals surface area contributed by atoms with Crippen molar-refractivity contribution in [2.45, 2.75) is 38.4 Å². The number of fused-ring (bicyclic) bond motifs is 1. The molecule has 3 rings (SSSR count). The highest BCUT2D eigenvalue weighted by Crippen LogP contribution is 2.37. The number of carbonyl (C=O) groups excluding carboxylic acids is 1. The van der Waals surface area contributed by atoms with Crippen LogP contribution in [0.25, 0.3) is 0 Å². The number of allylic oxidation sites excluding steroid dienone is 2. The fourth-order valence-corrected chi connectivity index (χ4v) is 3.58. The van der Waals surface area contributed by atoms with E-state index in [-0.39, 0.29) is 5.78 Å². The SMILES string of the molecule is CCCSc1nc2n(n1)C(c1ccc(Br)o1)C(C(C)=O)=C(C)N2.